The standard InChI is InChI=1S/C17H22ClN3O4/c1-24-14-5-10(4-12(18)16(14)25-8-15(20)22)17(23)21-6-9-2-3-13(19)11(9)7-21/h4-5,9,11,13H,2-3,6-8,19H2,1H3,(H2,20,22). The molecule has 0 radical (unpaired) electrons. The minimum absolute atomic E-state index is 0.108. The summed E-state index contributed by atoms with van der Waals surface area (Å²) in [4.78, 5) is 25.6. The summed E-state index contributed by atoms with van der Waals surface area (Å²) in [6, 6.07) is 3.26. The van der Waals surface area contributed by atoms with E-state index in [1.54, 1.807) is 6.07 Å². The fraction of sp³-hybridized carbons (Fsp3) is 0.529. The third kappa shape index (κ3) is 3.52. The topological polar surface area (TPSA) is 108 Å². The first-order valence-corrected chi connectivity index (χ1v) is 8.62. The van der Waals surface area contributed by atoms with Crippen molar-refractivity contribution < 1.29 is 19.1 Å². The second kappa shape index (κ2) is 7.09. The quantitative estimate of drug-likeness (QED) is 0.807. The molecule has 0 aromatic heterocycles. The number of amides is 2. The monoisotopic (exact) mass is 367 g/mol. The number of hydrogen-bond donors (Lipinski definition) is 2. The molecule has 2 aliphatic rings. The van der Waals surface area contributed by atoms with Crippen molar-refractivity contribution in [2.75, 3.05) is 26.8 Å². The van der Waals surface area contributed by atoms with E-state index in [0.29, 0.717) is 23.9 Å². The van der Waals surface area contributed by atoms with Gasteiger partial charge in [0.15, 0.2) is 18.1 Å². The van der Waals surface area contributed by atoms with E-state index >= 15 is 0 Å². The number of primary amides is 1. The molecule has 1 saturated heterocycles. The summed E-state index contributed by atoms with van der Waals surface area (Å²) in [6.45, 7) is 1.07. The highest BCUT2D eigenvalue weighted by atomic mass is 35.5. The molecular weight excluding hydrogens is 346 g/mol. The lowest BCUT2D eigenvalue weighted by Gasteiger charge is -2.20. The molecule has 3 rings (SSSR count). The number of benzene rings is 1. The highest BCUT2D eigenvalue weighted by molar-refractivity contribution is 6.32. The Bertz CT molecular complexity index is 697. The van der Waals surface area contributed by atoms with Crippen LogP contribution in [-0.4, -0.2) is 49.6 Å². The number of likely N-dealkylation sites (tertiary alicyclic amines) is 1. The summed E-state index contributed by atoms with van der Waals surface area (Å²) < 4.78 is 10.5. The minimum Gasteiger partial charge on any atom is -0.493 e. The fourth-order valence-corrected chi connectivity index (χ4v) is 4.05. The van der Waals surface area contributed by atoms with Crippen molar-refractivity contribution in [2.45, 2.75) is 18.9 Å². The van der Waals surface area contributed by atoms with Gasteiger partial charge in [0, 0.05) is 24.7 Å². The Kier molecular flexibility index (Phi) is 5.06. The molecule has 3 unspecified atom stereocenters. The SMILES string of the molecule is COc1cc(C(=O)N2CC3CCC(N)C3C2)cc(Cl)c1OCC(N)=O. The summed E-state index contributed by atoms with van der Waals surface area (Å²) >= 11 is 6.22. The number of ether oxygens (including phenoxy) is 2. The van der Waals surface area contributed by atoms with Crippen molar-refractivity contribution in [3.05, 3.63) is 22.7 Å². The first-order valence-electron chi connectivity index (χ1n) is 8.24. The predicted molar refractivity (Wildman–Crippen MR) is 92.8 cm³/mol. The Balaban J connectivity index is 1.79. The molecule has 25 heavy (non-hydrogen) atoms. The molecule has 1 aromatic rings. The van der Waals surface area contributed by atoms with Gasteiger partial charge in [-0.1, -0.05) is 11.6 Å². The van der Waals surface area contributed by atoms with Gasteiger partial charge >= 0.3 is 0 Å². The summed E-state index contributed by atoms with van der Waals surface area (Å²) in [5.74, 6) is 0.600. The highest BCUT2D eigenvalue weighted by Gasteiger charge is 2.42. The van der Waals surface area contributed by atoms with Crippen molar-refractivity contribution in [3.8, 4) is 11.5 Å². The fourth-order valence-electron chi connectivity index (χ4n) is 3.78. The van der Waals surface area contributed by atoms with E-state index in [1.165, 1.54) is 13.2 Å². The lowest BCUT2D eigenvalue weighted by molar-refractivity contribution is -0.119. The molecule has 3 atom stereocenters. The van der Waals surface area contributed by atoms with Crippen LogP contribution < -0.4 is 20.9 Å². The van der Waals surface area contributed by atoms with E-state index in [2.05, 4.69) is 0 Å². The van der Waals surface area contributed by atoms with E-state index in [4.69, 9.17) is 32.5 Å². The van der Waals surface area contributed by atoms with Gasteiger partial charge < -0.3 is 25.8 Å². The molecule has 4 N–H and O–H groups in total. The Hall–Kier alpha value is -1.99. The summed E-state index contributed by atoms with van der Waals surface area (Å²) in [5.41, 5.74) is 11.6. The number of halogens is 1. The van der Waals surface area contributed by atoms with Crippen LogP contribution in [0.1, 0.15) is 23.2 Å². The molecule has 1 aliphatic carbocycles. The van der Waals surface area contributed by atoms with Gasteiger partial charge in [0.05, 0.1) is 12.1 Å². The number of fused-ring (bicyclic) bond motifs is 1. The third-order valence-corrected chi connectivity index (χ3v) is 5.32. The second-order valence-electron chi connectivity index (χ2n) is 6.62. The van der Waals surface area contributed by atoms with Crippen LogP contribution in [0, 0.1) is 11.8 Å². The number of nitrogens with zero attached hydrogens (tertiary/aromatic N) is 1. The Morgan fingerprint density at radius 3 is 2.72 bits per heavy atom. The highest BCUT2D eigenvalue weighted by Crippen LogP contribution is 2.40. The number of methoxy groups -OCH3 is 1. The van der Waals surface area contributed by atoms with Crippen LogP contribution in [0.2, 0.25) is 5.02 Å². The van der Waals surface area contributed by atoms with E-state index in [1.807, 2.05) is 4.90 Å². The van der Waals surface area contributed by atoms with Gasteiger partial charge in [-0.3, -0.25) is 9.59 Å². The van der Waals surface area contributed by atoms with Crippen LogP contribution in [0.25, 0.3) is 0 Å². The molecule has 7 nitrogen and oxygen atoms in total. The first-order chi connectivity index (χ1) is 11.9. The second-order valence-corrected chi connectivity index (χ2v) is 7.03. The van der Waals surface area contributed by atoms with Crippen LogP contribution in [0.5, 0.6) is 11.5 Å². The lowest BCUT2D eigenvalue weighted by Crippen LogP contribution is -2.33. The maximum atomic E-state index is 12.8. The largest absolute Gasteiger partial charge is 0.493 e. The maximum absolute atomic E-state index is 12.8. The minimum atomic E-state index is -0.627. The summed E-state index contributed by atoms with van der Waals surface area (Å²) in [6.07, 6.45) is 2.10. The molecule has 1 heterocycles. The number of rotatable bonds is 5. The normalized spacial score (nSPS) is 24.9. The Labute approximate surface area is 151 Å². The Morgan fingerprint density at radius 1 is 1.32 bits per heavy atom. The molecule has 1 aliphatic heterocycles. The number of nitrogens with two attached hydrogens (primary N) is 2. The molecule has 1 saturated carbocycles. The Morgan fingerprint density at radius 2 is 2.08 bits per heavy atom. The van der Waals surface area contributed by atoms with Crippen molar-refractivity contribution >= 4 is 23.4 Å². The van der Waals surface area contributed by atoms with Gasteiger partial charge in [-0.05, 0) is 36.8 Å². The van der Waals surface area contributed by atoms with E-state index in [-0.39, 0.29) is 35.1 Å². The summed E-state index contributed by atoms with van der Waals surface area (Å²) in [5, 5.41) is 0.194. The van der Waals surface area contributed by atoms with Crippen molar-refractivity contribution in [1.29, 1.82) is 0 Å². The van der Waals surface area contributed by atoms with Gasteiger partial charge in [0.1, 0.15) is 0 Å². The third-order valence-electron chi connectivity index (χ3n) is 5.03. The zero-order valence-corrected chi connectivity index (χ0v) is 14.8. The molecule has 136 valence electrons. The first kappa shape index (κ1) is 17.8. The van der Waals surface area contributed by atoms with Crippen molar-refractivity contribution in [2.24, 2.45) is 23.3 Å². The van der Waals surface area contributed by atoms with Crippen molar-refractivity contribution in [1.82, 2.24) is 4.90 Å². The summed E-state index contributed by atoms with van der Waals surface area (Å²) in [7, 11) is 1.44. The van der Waals surface area contributed by atoms with Crippen molar-refractivity contribution in [3.63, 3.8) is 0 Å². The van der Waals surface area contributed by atoms with Gasteiger partial charge in [-0.2, -0.15) is 0 Å². The van der Waals surface area contributed by atoms with Crippen LogP contribution in [0.15, 0.2) is 12.1 Å². The number of carbonyl (C=O) groups excluding carboxylic acids is 2. The zero-order valence-electron chi connectivity index (χ0n) is 14.0. The van der Waals surface area contributed by atoms with E-state index < -0.39 is 5.91 Å². The average Bonchev–Trinajstić information content (AvgIpc) is 3.14. The lowest BCUT2D eigenvalue weighted by atomic mass is 9.98. The van der Waals surface area contributed by atoms with Crippen LogP contribution in [0.3, 0.4) is 0 Å². The smallest absolute Gasteiger partial charge is 0.255 e. The molecule has 1 aromatic carbocycles. The van der Waals surface area contributed by atoms with E-state index in [9.17, 15) is 9.59 Å². The molecular formula is C17H22ClN3O4. The average molecular weight is 368 g/mol. The molecule has 8 heteroatoms. The number of carbonyl (C=O) groups is 2. The van der Waals surface area contributed by atoms with Crippen LogP contribution in [-0.2, 0) is 4.79 Å². The van der Waals surface area contributed by atoms with Gasteiger partial charge in [-0.15, -0.1) is 0 Å². The molecule has 2 fully saturated rings. The van der Waals surface area contributed by atoms with Crippen LogP contribution in [0.4, 0.5) is 0 Å². The number of hydrogen-bond acceptors (Lipinski definition) is 5. The van der Waals surface area contributed by atoms with Gasteiger partial charge in [0.25, 0.3) is 11.8 Å². The maximum Gasteiger partial charge on any atom is 0.255 e. The predicted octanol–water partition coefficient (Wildman–Crippen LogP) is 1.02. The molecule has 0 bridgehead atoms. The van der Waals surface area contributed by atoms with Gasteiger partial charge in [0.2, 0.25) is 0 Å². The van der Waals surface area contributed by atoms with Crippen LogP contribution >= 0.6 is 11.6 Å². The zero-order chi connectivity index (χ0) is 18.1. The van der Waals surface area contributed by atoms with Gasteiger partial charge in [-0.25, -0.2) is 0 Å². The molecule has 2 amide bonds. The molecule has 0 spiro atoms. The van der Waals surface area contributed by atoms with E-state index in [0.717, 1.165) is 19.4 Å².